The molecule has 0 unspecified atom stereocenters. The van der Waals surface area contributed by atoms with Gasteiger partial charge in [0.2, 0.25) is 12.9 Å². The summed E-state index contributed by atoms with van der Waals surface area (Å²) >= 11 is 0. The number of carbonyl (C=O) groups is 1. The molecule has 7 heteroatoms. The van der Waals surface area contributed by atoms with E-state index in [4.69, 9.17) is 23.4 Å². The highest BCUT2D eigenvalue weighted by atomic mass is 16.7. The van der Waals surface area contributed by atoms with E-state index in [1.807, 2.05) is 6.07 Å². The van der Waals surface area contributed by atoms with Gasteiger partial charge in [-0.25, -0.2) is 9.59 Å². The molecule has 2 aliphatic rings. The Balaban J connectivity index is 1.75. The first kappa shape index (κ1) is 15.7. The van der Waals surface area contributed by atoms with Crippen LogP contribution in [0.5, 0.6) is 17.2 Å². The van der Waals surface area contributed by atoms with E-state index < -0.39 is 23.6 Å². The lowest BCUT2D eigenvalue weighted by atomic mass is 9.88. The molecule has 2 aliphatic heterocycles. The van der Waals surface area contributed by atoms with Crippen LogP contribution in [0, 0.1) is 0 Å². The van der Waals surface area contributed by atoms with Crippen LogP contribution in [0.3, 0.4) is 0 Å². The van der Waals surface area contributed by atoms with Crippen molar-refractivity contribution < 1.29 is 28.2 Å². The molecule has 0 aliphatic carbocycles. The molecule has 0 bridgehead atoms. The molecule has 7 nitrogen and oxygen atoms in total. The molecule has 5 rings (SSSR count). The molecule has 0 amide bonds. The van der Waals surface area contributed by atoms with Gasteiger partial charge in [-0.2, -0.15) is 0 Å². The molecule has 3 aromatic rings. The third-order valence-electron chi connectivity index (χ3n) is 4.85. The number of ether oxygens (including phenoxy) is 4. The molecule has 2 aromatic carbocycles. The second kappa shape index (κ2) is 5.77. The highest BCUT2D eigenvalue weighted by Crippen LogP contribution is 2.46. The number of fused-ring (bicyclic) bond motifs is 4. The number of esters is 1. The highest BCUT2D eigenvalue weighted by molar-refractivity contribution is 5.88. The number of carbonyl (C=O) groups excluding carboxylic acids is 1. The summed E-state index contributed by atoms with van der Waals surface area (Å²) < 4.78 is 27.1. The molecule has 0 saturated carbocycles. The van der Waals surface area contributed by atoms with E-state index in [0.29, 0.717) is 39.3 Å². The number of benzene rings is 2. The van der Waals surface area contributed by atoms with Gasteiger partial charge >= 0.3 is 11.6 Å². The van der Waals surface area contributed by atoms with E-state index in [2.05, 4.69) is 0 Å². The first-order valence-corrected chi connectivity index (χ1v) is 8.37. The lowest BCUT2D eigenvalue weighted by molar-refractivity contribution is -0.148. The van der Waals surface area contributed by atoms with Gasteiger partial charge in [0, 0.05) is 0 Å². The van der Waals surface area contributed by atoms with Crippen LogP contribution in [-0.2, 0) is 9.53 Å². The average molecular weight is 366 g/mol. The standard InChI is InChI=1S/C20H14O7/c1-23-20(22)18-15(10-6-7-13-14(8-10)25-9-24-13)16-17(27-18)11-4-2-3-5-12(11)26-19(16)21/h2-8,15,18H,9H2,1H3/t15-,18+/m0/s1. The number of rotatable bonds is 2. The van der Waals surface area contributed by atoms with Crippen molar-refractivity contribution in [1.82, 2.24) is 0 Å². The fraction of sp³-hybridized carbons (Fsp3) is 0.200. The summed E-state index contributed by atoms with van der Waals surface area (Å²) in [7, 11) is 1.28. The zero-order chi connectivity index (χ0) is 18.5. The predicted molar refractivity (Wildman–Crippen MR) is 93.3 cm³/mol. The van der Waals surface area contributed by atoms with E-state index in [0.717, 1.165) is 0 Å². The Hall–Kier alpha value is -3.48. The maximum absolute atomic E-state index is 12.7. The molecule has 0 fully saturated rings. The van der Waals surface area contributed by atoms with Crippen LogP contribution in [0.15, 0.2) is 51.7 Å². The van der Waals surface area contributed by atoms with Gasteiger partial charge in [0.25, 0.3) is 0 Å². The van der Waals surface area contributed by atoms with Crippen molar-refractivity contribution in [2.24, 2.45) is 0 Å². The van der Waals surface area contributed by atoms with E-state index in [1.165, 1.54) is 7.11 Å². The summed E-state index contributed by atoms with van der Waals surface area (Å²) in [5, 5.41) is 0.629. The molecular formula is C20H14O7. The Labute approximate surface area is 153 Å². The van der Waals surface area contributed by atoms with Crippen molar-refractivity contribution in [1.29, 1.82) is 0 Å². The Bertz CT molecular complexity index is 1130. The molecule has 2 atom stereocenters. The topological polar surface area (TPSA) is 84.2 Å². The monoisotopic (exact) mass is 366 g/mol. The number of para-hydroxylation sites is 1. The maximum atomic E-state index is 12.7. The second-order valence-electron chi connectivity index (χ2n) is 6.28. The molecule has 3 heterocycles. The smallest absolute Gasteiger partial charge is 0.348 e. The van der Waals surface area contributed by atoms with Crippen LogP contribution in [0.2, 0.25) is 0 Å². The molecule has 0 radical (unpaired) electrons. The van der Waals surface area contributed by atoms with Crippen molar-refractivity contribution in [2.75, 3.05) is 13.9 Å². The quantitative estimate of drug-likeness (QED) is 0.509. The van der Waals surface area contributed by atoms with Gasteiger partial charge in [-0.15, -0.1) is 0 Å². The van der Waals surface area contributed by atoms with Gasteiger partial charge in [0.1, 0.15) is 11.3 Å². The molecule has 136 valence electrons. The molecule has 0 spiro atoms. The summed E-state index contributed by atoms with van der Waals surface area (Å²) in [6.45, 7) is 0.129. The zero-order valence-corrected chi connectivity index (χ0v) is 14.3. The van der Waals surface area contributed by atoms with Gasteiger partial charge in [-0.3, -0.25) is 0 Å². The van der Waals surface area contributed by atoms with Gasteiger partial charge in [0.05, 0.1) is 24.0 Å². The van der Waals surface area contributed by atoms with E-state index in [9.17, 15) is 9.59 Å². The Morgan fingerprint density at radius 3 is 2.78 bits per heavy atom. The summed E-state index contributed by atoms with van der Waals surface area (Å²) in [6.07, 6.45) is -1.00. The minimum atomic E-state index is -1.00. The number of hydrogen-bond acceptors (Lipinski definition) is 7. The van der Waals surface area contributed by atoms with Crippen LogP contribution in [0.4, 0.5) is 0 Å². The van der Waals surface area contributed by atoms with E-state index >= 15 is 0 Å². The van der Waals surface area contributed by atoms with Gasteiger partial charge in [-0.1, -0.05) is 18.2 Å². The first-order valence-electron chi connectivity index (χ1n) is 8.37. The van der Waals surface area contributed by atoms with Gasteiger partial charge in [-0.05, 0) is 29.8 Å². The Morgan fingerprint density at radius 1 is 1.11 bits per heavy atom. The lowest BCUT2D eigenvalue weighted by Crippen LogP contribution is -2.31. The lowest BCUT2D eigenvalue weighted by Gasteiger charge is -2.17. The normalized spacial score (nSPS) is 19.6. The first-order chi connectivity index (χ1) is 13.2. The molecular weight excluding hydrogens is 352 g/mol. The van der Waals surface area contributed by atoms with E-state index in [1.54, 1.807) is 36.4 Å². The maximum Gasteiger partial charge on any atom is 0.348 e. The molecule has 1 aromatic heterocycles. The van der Waals surface area contributed by atoms with Crippen molar-refractivity contribution in [2.45, 2.75) is 12.0 Å². The number of methoxy groups -OCH3 is 1. The fourth-order valence-corrected chi connectivity index (χ4v) is 3.63. The van der Waals surface area contributed by atoms with Crippen molar-refractivity contribution in [3.05, 3.63) is 64.0 Å². The minimum Gasteiger partial charge on any atom is -0.476 e. The Morgan fingerprint density at radius 2 is 1.93 bits per heavy atom. The Kier molecular flexibility index (Phi) is 3.36. The largest absolute Gasteiger partial charge is 0.476 e. The summed E-state index contributed by atoms with van der Waals surface area (Å²) in [4.78, 5) is 25.2. The molecule has 0 N–H and O–H groups in total. The van der Waals surface area contributed by atoms with Crippen LogP contribution >= 0.6 is 0 Å². The predicted octanol–water partition coefficient (Wildman–Crippen LogP) is 2.59. The van der Waals surface area contributed by atoms with Crippen molar-refractivity contribution in [3.8, 4) is 17.2 Å². The van der Waals surface area contributed by atoms with Crippen LogP contribution in [0.1, 0.15) is 17.0 Å². The number of hydrogen-bond donors (Lipinski definition) is 0. The van der Waals surface area contributed by atoms with Gasteiger partial charge < -0.3 is 23.4 Å². The van der Waals surface area contributed by atoms with Crippen molar-refractivity contribution in [3.63, 3.8) is 0 Å². The SMILES string of the molecule is COC(=O)[C@@H]1Oc2c(c(=O)oc3ccccc23)[C@@H]1c1ccc2c(c1)OCO2. The average Bonchev–Trinajstić information content (AvgIpc) is 3.32. The van der Waals surface area contributed by atoms with Crippen LogP contribution in [0.25, 0.3) is 11.0 Å². The third-order valence-corrected chi connectivity index (χ3v) is 4.85. The van der Waals surface area contributed by atoms with Crippen LogP contribution < -0.4 is 19.8 Å². The summed E-state index contributed by atoms with van der Waals surface area (Å²) in [5.74, 6) is 0.257. The van der Waals surface area contributed by atoms with Crippen LogP contribution in [-0.4, -0.2) is 26.0 Å². The van der Waals surface area contributed by atoms with E-state index in [-0.39, 0.29) is 6.79 Å². The summed E-state index contributed by atoms with van der Waals surface area (Å²) in [6, 6.07) is 12.3. The second-order valence-corrected chi connectivity index (χ2v) is 6.28. The molecule has 27 heavy (non-hydrogen) atoms. The molecule has 0 saturated heterocycles. The summed E-state index contributed by atoms with van der Waals surface area (Å²) in [5.41, 5.74) is 0.827. The third kappa shape index (κ3) is 2.28. The highest BCUT2D eigenvalue weighted by Gasteiger charge is 2.45. The fourth-order valence-electron chi connectivity index (χ4n) is 3.63. The van der Waals surface area contributed by atoms with Crippen molar-refractivity contribution >= 4 is 16.9 Å². The minimum absolute atomic E-state index is 0.129. The van der Waals surface area contributed by atoms with Gasteiger partial charge in [0.15, 0.2) is 11.5 Å². The zero-order valence-electron chi connectivity index (χ0n) is 14.3.